The summed E-state index contributed by atoms with van der Waals surface area (Å²) in [4.78, 5) is 12.3. The highest BCUT2D eigenvalue weighted by molar-refractivity contribution is 9.10. The van der Waals surface area contributed by atoms with Crippen LogP contribution in [-0.4, -0.2) is 5.78 Å². The number of aryl methyl sites for hydroxylation is 2. The van der Waals surface area contributed by atoms with E-state index in [2.05, 4.69) is 15.9 Å². The third-order valence-corrected chi connectivity index (χ3v) is 3.49. The van der Waals surface area contributed by atoms with E-state index in [-0.39, 0.29) is 16.1 Å². The summed E-state index contributed by atoms with van der Waals surface area (Å²) >= 11 is 3.04. The molecule has 0 aliphatic rings. The zero-order valence-electron chi connectivity index (χ0n) is 10.4. The first-order chi connectivity index (χ1) is 8.90. The SMILES string of the molecule is Cc1cc(C(=O)c2ccc(F)c(Br)c2)cc(C)c1F. The Morgan fingerprint density at radius 3 is 2.11 bits per heavy atom. The van der Waals surface area contributed by atoms with E-state index in [4.69, 9.17) is 0 Å². The third kappa shape index (κ3) is 2.73. The number of halogens is 3. The molecule has 0 spiro atoms. The summed E-state index contributed by atoms with van der Waals surface area (Å²) < 4.78 is 26.9. The van der Waals surface area contributed by atoms with Gasteiger partial charge >= 0.3 is 0 Å². The fourth-order valence-electron chi connectivity index (χ4n) is 1.88. The summed E-state index contributed by atoms with van der Waals surface area (Å²) in [7, 11) is 0. The van der Waals surface area contributed by atoms with Gasteiger partial charge < -0.3 is 0 Å². The molecule has 0 radical (unpaired) electrons. The molecule has 2 aromatic carbocycles. The maximum atomic E-state index is 13.5. The number of carbonyl (C=O) groups is 1. The van der Waals surface area contributed by atoms with Crippen molar-refractivity contribution in [1.82, 2.24) is 0 Å². The van der Waals surface area contributed by atoms with E-state index < -0.39 is 5.82 Å². The maximum Gasteiger partial charge on any atom is 0.193 e. The van der Waals surface area contributed by atoms with Crippen LogP contribution in [0.5, 0.6) is 0 Å². The standard InChI is InChI=1S/C15H11BrF2O/c1-8-5-11(6-9(2)14(8)18)15(19)10-3-4-13(17)12(16)7-10/h3-7H,1-2H3. The van der Waals surface area contributed by atoms with Crippen LogP contribution >= 0.6 is 15.9 Å². The molecule has 0 saturated heterocycles. The Morgan fingerprint density at radius 2 is 1.58 bits per heavy atom. The predicted molar refractivity (Wildman–Crippen MR) is 73.4 cm³/mol. The molecule has 0 aliphatic carbocycles. The number of carbonyl (C=O) groups excluding carboxylic acids is 1. The largest absolute Gasteiger partial charge is 0.289 e. The molecular weight excluding hydrogens is 314 g/mol. The molecule has 1 nitrogen and oxygen atoms in total. The fourth-order valence-corrected chi connectivity index (χ4v) is 2.26. The highest BCUT2D eigenvalue weighted by Gasteiger charge is 2.14. The molecule has 0 N–H and O–H groups in total. The molecule has 98 valence electrons. The minimum absolute atomic E-state index is 0.230. The summed E-state index contributed by atoms with van der Waals surface area (Å²) in [5.41, 5.74) is 1.60. The van der Waals surface area contributed by atoms with Gasteiger partial charge in [-0.25, -0.2) is 8.78 Å². The number of benzene rings is 2. The molecule has 4 heteroatoms. The van der Waals surface area contributed by atoms with Gasteiger partial charge in [-0.2, -0.15) is 0 Å². The van der Waals surface area contributed by atoms with E-state index in [1.54, 1.807) is 13.8 Å². The molecule has 2 aromatic rings. The molecule has 2 rings (SSSR count). The fraction of sp³-hybridized carbons (Fsp3) is 0.133. The lowest BCUT2D eigenvalue weighted by Gasteiger charge is -2.07. The van der Waals surface area contributed by atoms with Crippen LogP contribution in [-0.2, 0) is 0 Å². The van der Waals surface area contributed by atoms with Gasteiger partial charge in [-0.1, -0.05) is 0 Å². The molecule has 0 unspecified atom stereocenters. The lowest BCUT2D eigenvalue weighted by molar-refractivity contribution is 0.103. The van der Waals surface area contributed by atoms with Gasteiger partial charge in [-0.3, -0.25) is 4.79 Å². The lowest BCUT2D eigenvalue weighted by atomic mass is 9.99. The Morgan fingerprint density at radius 1 is 1.00 bits per heavy atom. The second-order valence-electron chi connectivity index (χ2n) is 4.38. The van der Waals surface area contributed by atoms with Gasteiger partial charge in [0.2, 0.25) is 0 Å². The molecule has 0 heterocycles. The molecule has 0 saturated carbocycles. The molecule has 0 aliphatic heterocycles. The van der Waals surface area contributed by atoms with Crippen LogP contribution in [0.1, 0.15) is 27.0 Å². The van der Waals surface area contributed by atoms with Gasteiger partial charge in [0.15, 0.2) is 5.78 Å². The van der Waals surface area contributed by atoms with Crippen LogP contribution in [0.3, 0.4) is 0 Å². The average Bonchev–Trinajstić information content (AvgIpc) is 2.37. The van der Waals surface area contributed by atoms with Crippen molar-refractivity contribution in [3.8, 4) is 0 Å². The first-order valence-corrected chi connectivity index (χ1v) is 6.46. The Bertz CT molecular complexity index is 642. The van der Waals surface area contributed by atoms with E-state index in [9.17, 15) is 13.6 Å². The number of hydrogen-bond acceptors (Lipinski definition) is 1. The van der Waals surface area contributed by atoms with Crippen molar-refractivity contribution in [1.29, 1.82) is 0 Å². The highest BCUT2D eigenvalue weighted by atomic mass is 79.9. The van der Waals surface area contributed by atoms with E-state index in [1.165, 1.54) is 30.3 Å². The zero-order valence-corrected chi connectivity index (χ0v) is 12.0. The minimum atomic E-state index is -0.428. The second-order valence-corrected chi connectivity index (χ2v) is 5.24. The summed E-state index contributed by atoms with van der Waals surface area (Å²) in [5, 5.41) is 0. The monoisotopic (exact) mass is 324 g/mol. The molecule has 0 fully saturated rings. The average molecular weight is 325 g/mol. The van der Waals surface area contributed by atoms with Crippen molar-refractivity contribution in [2.75, 3.05) is 0 Å². The lowest BCUT2D eigenvalue weighted by Crippen LogP contribution is -2.04. The summed E-state index contributed by atoms with van der Waals surface area (Å²) in [6, 6.07) is 7.06. The van der Waals surface area contributed by atoms with Crippen molar-refractivity contribution < 1.29 is 13.6 Å². The van der Waals surface area contributed by atoms with Crippen molar-refractivity contribution >= 4 is 21.7 Å². The molecule has 0 amide bonds. The first-order valence-electron chi connectivity index (χ1n) is 5.66. The van der Waals surface area contributed by atoms with Gasteiger partial charge in [0, 0.05) is 11.1 Å². The van der Waals surface area contributed by atoms with Crippen molar-refractivity contribution in [2.45, 2.75) is 13.8 Å². The molecule has 0 atom stereocenters. The van der Waals surface area contributed by atoms with Crippen LogP contribution < -0.4 is 0 Å². The highest BCUT2D eigenvalue weighted by Crippen LogP contribution is 2.21. The maximum absolute atomic E-state index is 13.5. The third-order valence-electron chi connectivity index (χ3n) is 2.88. The smallest absolute Gasteiger partial charge is 0.193 e. The first kappa shape index (κ1) is 13.9. The van der Waals surface area contributed by atoms with E-state index in [1.807, 2.05) is 0 Å². The summed E-state index contributed by atoms with van der Waals surface area (Å²) in [6.45, 7) is 3.22. The topological polar surface area (TPSA) is 17.1 Å². The number of ketones is 1. The summed E-state index contributed by atoms with van der Waals surface area (Å²) in [6.07, 6.45) is 0. The van der Waals surface area contributed by atoms with Crippen LogP contribution in [0, 0.1) is 25.5 Å². The second kappa shape index (κ2) is 5.21. The van der Waals surface area contributed by atoms with Crippen LogP contribution in [0.25, 0.3) is 0 Å². The van der Waals surface area contributed by atoms with Gasteiger partial charge in [0.1, 0.15) is 11.6 Å². The summed E-state index contributed by atoms with van der Waals surface area (Å²) in [5.74, 6) is -0.994. The van der Waals surface area contributed by atoms with Crippen molar-refractivity contribution in [3.63, 3.8) is 0 Å². The Balaban J connectivity index is 2.47. The van der Waals surface area contributed by atoms with Crippen LogP contribution in [0.15, 0.2) is 34.8 Å². The molecule has 0 bridgehead atoms. The zero-order chi connectivity index (χ0) is 14.2. The van der Waals surface area contributed by atoms with Gasteiger partial charge in [-0.15, -0.1) is 0 Å². The van der Waals surface area contributed by atoms with Crippen LogP contribution in [0.4, 0.5) is 8.78 Å². The molecular formula is C15H11BrF2O. The van der Waals surface area contributed by atoms with E-state index >= 15 is 0 Å². The molecule has 0 aromatic heterocycles. The normalized spacial score (nSPS) is 10.6. The predicted octanol–water partition coefficient (Wildman–Crippen LogP) is 4.58. The van der Waals surface area contributed by atoms with Crippen molar-refractivity contribution in [2.24, 2.45) is 0 Å². The van der Waals surface area contributed by atoms with Gasteiger partial charge in [-0.05, 0) is 71.2 Å². The number of rotatable bonds is 2. The molecule has 19 heavy (non-hydrogen) atoms. The Hall–Kier alpha value is -1.55. The quantitative estimate of drug-likeness (QED) is 0.739. The number of hydrogen-bond donors (Lipinski definition) is 0. The van der Waals surface area contributed by atoms with Crippen LogP contribution in [0.2, 0.25) is 0 Å². The Kier molecular flexibility index (Phi) is 3.80. The minimum Gasteiger partial charge on any atom is -0.289 e. The van der Waals surface area contributed by atoms with Gasteiger partial charge in [0.05, 0.1) is 4.47 Å². The van der Waals surface area contributed by atoms with Crippen molar-refractivity contribution in [3.05, 3.63) is 68.7 Å². The Labute approximate surface area is 118 Å². The van der Waals surface area contributed by atoms with E-state index in [0.29, 0.717) is 22.3 Å². The van der Waals surface area contributed by atoms with E-state index in [0.717, 1.165) is 0 Å². The van der Waals surface area contributed by atoms with Gasteiger partial charge in [0.25, 0.3) is 0 Å².